The summed E-state index contributed by atoms with van der Waals surface area (Å²) in [6.45, 7) is 3.99. The highest BCUT2D eigenvalue weighted by Crippen LogP contribution is 2.51. The van der Waals surface area contributed by atoms with Crippen LogP contribution >= 0.6 is 0 Å². The number of rotatable bonds is 2. The predicted octanol–water partition coefficient (Wildman–Crippen LogP) is 2.26. The third kappa shape index (κ3) is 1.27. The van der Waals surface area contributed by atoms with Gasteiger partial charge in [0.15, 0.2) is 5.60 Å². The lowest BCUT2D eigenvalue weighted by Crippen LogP contribution is -2.49. The van der Waals surface area contributed by atoms with Gasteiger partial charge >= 0.3 is 0 Å². The molecule has 1 N–H and O–H groups in total. The van der Waals surface area contributed by atoms with Crippen molar-refractivity contribution in [3.63, 3.8) is 0 Å². The minimum absolute atomic E-state index is 0.0512. The maximum Gasteiger partial charge on any atom is 0.152 e. The molecule has 1 aliphatic carbocycles. The van der Waals surface area contributed by atoms with Gasteiger partial charge in [0.2, 0.25) is 0 Å². The molecular weight excluding hydrogens is 216 g/mol. The predicted molar refractivity (Wildman–Crippen MR) is 63.0 cm³/mol. The van der Waals surface area contributed by atoms with Crippen LogP contribution in [0, 0.1) is 5.92 Å². The lowest BCUT2D eigenvalue weighted by molar-refractivity contribution is -0.428. The number of aliphatic hydroxyl groups is 1. The molecule has 3 heteroatoms. The van der Waals surface area contributed by atoms with Crippen molar-refractivity contribution in [2.75, 3.05) is 6.61 Å². The van der Waals surface area contributed by atoms with Crippen molar-refractivity contribution in [1.29, 1.82) is 0 Å². The summed E-state index contributed by atoms with van der Waals surface area (Å²) in [6, 6.07) is 8.09. The number of benzene rings is 1. The van der Waals surface area contributed by atoms with Crippen LogP contribution in [0.2, 0.25) is 0 Å². The van der Waals surface area contributed by atoms with E-state index in [1.807, 2.05) is 44.2 Å². The Kier molecular flexibility index (Phi) is 2.20. The first-order valence-corrected chi connectivity index (χ1v) is 5.90. The second-order valence-corrected chi connectivity index (χ2v) is 5.03. The van der Waals surface area contributed by atoms with E-state index in [-0.39, 0.29) is 12.5 Å². The SMILES string of the molecule is C[C@@H](CO)[C@]12C=C[C@](C)(OO1)c1ccccc12. The summed E-state index contributed by atoms with van der Waals surface area (Å²) in [5.74, 6) is -0.0512. The highest BCUT2D eigenvalue weighted by atomic mass is 17.2. The fourth-order valence-corrected chi connectivity index (χ4v) is 2.67. The fourth-order valence-electron chi connectivity index (χ4n) is 2.67. The van der Waals surface area contributed by atoms with Crippen molar-refractivity contribution in [2.24, 2.45) is 5.92 Å². The smallest absolute Gasteiger partial charge is 0.152 e. The standard InChI is InChI=1S/C14H16O3/c1-10(9-15)14-8-7-13(2,16-17-14)11-5-3-4-6-12(11)14/h3-8,10,15H,9H2,1-2H3/t10-,13-,14-/m0/s1. The molecule has 2 aliphatic heterocycles. The first-order chi connectivity index (χ1) is 8.12. The van der Waals surface area contributed by atoms with Gasteiger partial charge in [-0.15, -0.1) is 0 Å². The molecule has 90 valence electrons. The van der Waals surface area contributed by atoms with E-state index in [1.54, 1.807) is 0 Å². The van der Waals surface area contributed by atoms with E-state index in [0.29, 0.717) is 0 Å². The van der Waals surface area contributed by atoms with Gasteiger partial charge in [0.1, 0.15) is 5.60 Å². The molecule has 0 saturated heterocycles. The lowest BCUT2D eigenvalue weighted by atomic mass is 9.71. The topological polar surface area (TPSA) is 38.7 Å². The first-order valence-electron chi connectivity index (χ1n) is 5.90. The van der Waals surface area contributed by atoms with Crippen LogP contribution in [0.5, 0.6) is 0 Å². The van der Waals surface area contributed by atoms with Crippen molar-refractivity contribution in [3.8, 4) is 0 Å². The molecular formula is C14H16O3. The summed E-state index contributed by atoms with van der Waals surface area (Å²) in [6.07, 6.45) is 4.03. The molecule has 0 fully saturated rings. The average Bonchev–Trinajstić information content (AvgIpc) is 2.39. The van der Waals surface area contributed by atoms with Crippen molar-refractivity contribution in [3.05, 3.63) is 47.5 Å². The Morgan fingerprint density at radius 1 is 1.18 bits per heavy atom. The number of hydrogen-bond acceptors (Lipinski definition) is 3. The van der Waals surface area contributed by atoms with Crippen LogP contribution in [0.25, 0.3) is 0 Å². The van der Waals surface area contributed by atoms with Crippen LogP contribution in [0.15, 0.2) is 36.4 Å². The summed E-state index contributed by atoms with van der Waals surface area (Å²) >= 11 is 0. The Bertz CT molecular complexity index is 482. The molecule has 2 heterocycles. The van der Waals surface area contributed by atoms with Gasteiger partial charge in [-0.05, 0) is 30.2 Å². The molecule has 3 nitrogen and oxygen atoms in total. The second-order valence-electron chi connectivity index (χ2n) is 5.03. The quantitative estimate of drug-likeness (QED) is 0.628. The molecule has 3 atom stereocenters. The molecule has 2 bridgehead atoms. The zero-order valence-corrected chi connectivity index (χ0v) is 10.0. The first kappa shape index (κ1) is 11.0. The van der Waals surface area contributed by atoms with Gasteiger partial charge in [0, 0.05) is 12.5 Å². The van der Waals surface area contributed by atoms with E-state index >= 15 is 0 Å². The molecule has 3 aliphatic rings. The largest absolute Gasteiger partial charge is 0.396 e. The zero-order chi connectivity index (χ0) is 12.1. The molecule has 4 rings (SSSR count). The lowest BCUT2D eigenvalue weighted by Gasteiger charge is -2.49. The van der Waals surface area contributed by atoms with Gasteiger partial charge in [-0.25, -0.2) is 9.78 Å². The molecule has 0 aromatic heterocycles. The Hall–Kier alpha value is -1.16. The summed E-state index contributed by atoms with van der Waals surface area (Å²) in [7, 11) is 0. The molecule has 0 radical (unpaired) electrons. The Labute approximate surface area is 101 Å². The Morgan fingerprint density at radius 2 is 1.88 bits per heavy atom. The normalized spacial score (nSPS) is 35.7. The summed E-state index contributed by atoms with van der Waals surface area (Å²) in [5, 5.41) is 9.42. The van der Waals surface area contributed by atoms with Crippen molar-refractivity contribution < 1.29 is 14.9 Å². The Balaban J connectivity index is 2.23. The van der Waals surface area contributed by atoms with Gasteiger partial charge in [0.25, 0.3) is 0 Å². The monoisotopic (exact) mass is 232 g/mol. The van der Waals surface area contributed by atoms with Crippen molar-refractivity contribution >= 4 is 0 Å². The number of fused-ring (bicyclic) bond motifs is 1. The third-order valence-corrected chi connectivity index (χ3v) is 3.89. The van der Waals surface area contributed by atoms with Gasteiger partial charge in [0.05, 0.1) is 0 Å². The molecule has 0 saturated carbocycles. The number of hydrogen-bond donors (Lipinski definition) is 1. The second kappa shape index (κ2) is 3.42. The Morgan fingerprint density at radius 3 is 2.47 bits per heavy atom. The summed E-state index contributed by atoms with van der Waals surface area (Å²) in [4.78, 5) is 11.1. The maximum absolute atomic E-state index is 9.42. The minimum atomic E-state index is -0.650. The van der Waals surface area contributed by atoms with E-state index in [4.69, 9.17) is 9.78 Å². The van der Waals surface area contributed by atoms with Crippen molar-refractivity contribution in [2.45, 2.75) is 25.0 Å². The van der Waals surface area contributed by atoms with E-state index < -0.39 is 11.2 Å². The molecule has 1 aromatic rings. The van der Waals surface area contributed by atoms with Crippen LogP contribution in [0.3, 0.4) is 0 Å². The van der Waals surface area contributed by atoms with Crippen molar-refractivity contribution in [1.82, 2.24) is 0 Å². The summed E-state index contributed by atoms with van der Waals surface area (Å²) in [5.41, 5.74) is 1.06. The summed E-state index contributed by atoms with van der Waals surface area (Å²) < 4.78 is 0. The minimum Gasteiger partial charge on any atom is -0.396 e. The van der Waals surface area contributed by atoms with Crippen LogP contribution < -0.4 is 0 Å². The number of aliphatic hydroxyl groups excluding tert-OH is 1. The zero-order valence-electron chi connectivity index (χ0n) is 10.0. The van der Waals surface area contributed by atoms with E-state index in [1.165, 1.54) is 0 Å². The molecule has 1 aromatic carbocycles. The average molecular weight is 232 g/mol. The van der Waals surface area contributed by atoms with Crippen LogP contribution in [0.4, 0.5) is 0 Å². The van der Waals surface area contributed by atoms with E-state index in [9.17, 15) is 5.11 Å². The van der Waals surface area contributed by atoms with Crippen LogP contribution in [-0.2, 0) is 21.0 Å². The van der Waals surface area contributed by atoms with Gasteiger partial charge in [-0.2, -0.15) is 0 Å². The fraction of sp³-hybridized carbons (Fsp3) is 0.429. The van der Waals surface area contributed by atoms with Gasteiger partial charge in [-0.3, -0.25) is 0 Å². The highest BCUT2D eigenvalue weighted by Gasteiger charge is 2.52. The van der Waals surface area contributed by atoms with E-state index in [0.717, 1.165) is 11.1 Å². The van der Waals surface area contributed by atoms with Crippen LogP contribution in [0.1, 0.15) is 25.0 Å². The maximum atomic E-state index is 9.42. The molecule has 0 unspecified atom stereocenters. The van der Waals surface area contributed by atoms with Gasteiger partial charge < -0.3 is 5.11 Å². The molecule has 17 heavy (non-hydrogen) atoms. The van der Waals surface area contributed by atoms with Gasteiger partial charge in [-0.1, -0.05) is 31.2 Å². The molecule has 0 spiro atoms. The molecule has 0 amide bonds. The van der Waals surface area contributed by atoms with Crippen LogP contribution in [-0.4, -0.2) is 11.7 Å². The third-order valence-electron chi connectivity index (χ3n) is 3.89. The highest BCUT2D eigenvalue weighted by molar-refractivity contribution is 5.47. The van der Waals surface area contributed by atoms with E-state index in [2.05, 4.69) is 6.07 Å².